The second-order valence-corrected chi connectivity index (χ2v) is 6.98. The quantitative estimate of drug-likeness (QED) is 0.544. The molecular weight excluding hydrogens is 396 g/mol. The van der Waals surface area contributed by atoms with Crippen LogP contribution in [0.25, 0.3) is 5.65 Å². The maximum Gasteiger partial charge on any atom is 0.322 e. The molecule has 2 aromatic heterocycles. The molecule has 0 spiro atoms. The van der Waals surface area contributed by atoms with Gasteiger partial charge in [0.25, 0.3) is 5.91 Å². The fourth-order valence-electron chi connectivity index (χ4n) is 3.31. The fraction of sp³-hybridized carbons (Fsp3) is 0.300. The van der Waals surface area contributed by atoms with Crippen LogP contribution in [0.15, 0.2) is 36.7 Å². The number of hydrogen-bond acceptors (Lipinski definition) is 5. The summed E-state index contributed by atoms with van der Waals surface area (Å²) in [6, 6.07) is 10.1. The van der Waals surface area contributed by atoms with Gasteiger partial charge in [-0.1, -0.05) is 24.3 Å². The minimum atomic E-state index is -1.17. The van der Waals surface area contributed by atoms with Gasteiger partial charge in [0.15, 0.2) is 5.65 Å². The Morgan fingerprint density at radius 2 is 1.90 bits per heavy atom. The molecular formula is C20H21ClN4O4. The number of rotatable bonds is 7. The summed E-state index contributed by atoms with van der Waals surface area (Å²) in [7, 11) is 0. The van der Waals surface area contributed by atoms with Gasteiger partial charge in [0.2, 0.25) is 0 Å². The van der Waals surface area contributed by atoms with E-state index in [-0.39, 0.29) is 29.4 Å². The van der Waals surface area contributed by atoms with Crippen LogP contribution in [-0.2, 0) is 17.6 Å². The van der Waals surface area contributed by atoms with Crippen molar-refractivity contribution < 1.29 is 19.8 Å². The molecule has 3 N–H and O–H groups in total. The number of fused-ring (bicyclic) bond motifs is 1. The van der Waals surface area contributed by atoms with Gasteiger partial charge in [0.1, 0.15) is 24.2 Å². The minimum absolute atomic E-state index is 0. The molecule has 0 aliphatic heterocycles. The molecule has 8 nitrogen and oxygen atoms in total. The SMILES string of the molecule is Cl.O=C(O)CNC(=O)c1c(O)cc(CCc2ccc(C3CC3)cc2)n2ncnc12. The zero-order valence-electron chi connectivity index (χ0n) is 15.5. The van der Waals surface area contributed by atoms with Crippen LogP contribution in [0.1, 0.15) is 45.9 Å². The highest BCUT2D eigenvalue weighted by Gasteiger charge is 2.23. The van der Waals surface area contributed by atoms with Gasteiger partial charge in [-0.3, -0.25) is 9.59 Å². The summed E-state index contributed by atoms with van der Waals surface area (Å²) >= 11 is 0. The topological polar surface area (TPSA) is 117 Å². The highest BCUT2D eigenvalue weighted by molar-refractivity contribution is 6.03. The Bertz CT molecular complexity index is 1040. The van der Waals surface area contributed by atoms with Crippen LogP contribution in [0.5, 0.6) is 5.75 Å². The molecule has 3 aromatic rings. The second kappa shape index (κ2) is 8.48. The molecule has 0 atom stereocenters. The first-order valence-electron chi connectivity index (χ1n) is 9.16. The Kier molecular flexibility index (Phi) is 6.03. The van der Waals surface area contributed by atoms with Gasteiger partial charge >= 0.3 is 5.97 Å². The first kappa shape index (κ1) is 20.6. The van der Waals surface area contributed by atoms with E-state index in [0.29, 0.717) is 12.1 Å². The number of carbonyl (C=O) groups is 2. The van der Waals surface area contributed by atoms with Gasteiger partial charge in [-0.25, -0.2) is 9.50 Å². The molecule has 29 heavy (non-hydrogen) atoms. The minimum Gasteiger partial charge on any atom is -0.507 e. The zero-order valence-corrected chi connectivity index (χ0v) is 16.4. The average Bonchev–Trinajstić information content (AvgIpc) is 3.42. The lowest BCUT2D eigenvalue weighted by Crippen LogP contribution is -2.30. The van der Waals surface area contributed by atoms with Crippen LogP contribution in [0.4, 0.5) is 0 Å². The van der Waals surface area contributed by atoms with E-state index in [9.17, 15) is 14.7 Å². The number of halogens is 1. The smallest absolute Gasteiger partial charge is 0.322 e. The van der Waals surface area contributed by atoms with E-state index in [1.54, 1.807) is 0 Å². The molecule has 152 valence electrons. The lowest BCUT2D eigenvalue weighted by atomic mass is 10.0. The van der Waals surface area contributed by atoms with Gasteiger partial charge in [-0.15, -0.1) is 12.4 Å². The highest BCUT2D eigenvalue weighted by atomic mass is 35.5. The van der Waals surface area contributed by atoms with Crippen molar-refractivity contribution in [1.82, 2.24) is 19.9 Å². The predicted molar refractivity (Wildman–Crippen MR) is 108 cm³/mol. The Morgan fingerprint density at radius 1 is 1.17 bits per heavy atom. The van der Waals surface area contributed by atoms with Crippen molar-refractivity contribution in [3.8, 4) is 5.75 Å². The second-order valence-electron chi connectivity index (χ2n) is 6.98. The number of amides is 1. The van der Waals surface area contributed by atoms with E-state index in [0.717, 1.165) is 12.3 Å². The first-order valence-corrected chi connectivity index (χ1v) is 9.16. The summed E-state index contributed by atoms with van der Waals surface area (Å²) < 4.78 is 1.51. The van der Waals surface area contributed by atoms with Crippen molar-refractivity contribution in [3.63, 3.8) is 0 Å². The number of benzene rings is 1. The molecule has 0 saturated heterocycles. The number of nitrogens with zero attached hydrogens (tertiary/aromatic N) is 3. The van der Waals surface area contributed by atoms with Crippen molar-refractivity contribution >= 4 is 29.9 Å². The molecule has 1 saturated carbocycles. The van der Waals surface area contributed by atoms with E-state index < -0.39 is 18.4 Å². The van der Waals surface area contributed by atoms with E-state index >= 15 is 0 Å². The molecule has 2 heterocycles. The number of carboxylic acids is 1. The van der Waals surface area contributed by atoms with Crippen molar-refractivity contribution in [2.24, 2.45) is 0 Å². The van der Waals surface area contributed by atoms with Crippen LogP contribution in [0, 0.1) is 0 Å². The maximum absolute atomic E-state index is 12.2. The van der Waals surface area contributed by atoms with Crippen LogP contribution >= 0.6 is 12.4 Å². The summed E-state index contributed by atoms with van der Waals surface area (Å²) in [5.74, 6) is -1.40. The van der Waals surface area contributed by atoms with Crippen molar-refractivity contribution in [2.45, 2.75) is 31.6 Å². The Hall–Kier alpha value is -3.13. The zero-order chi connectivity index (χ0) is 19.7. The highest BCUT2D eigenvalue weighted by Crippen LogP contribution is 2.39. The summed E-state index contributed by atoms with van der Waals surface area (Å²) in [5.41, 5.74) is 3.39. The van der Waals surface area contributed by atoms with Gasteiger partial charge in [0, 0.05) is 11.8 Å². The van der Waals surface area contributed by atoms with E-state index in [4.69, 9.17) is 5.11 Å². The number of carboxylic acid groups (broad SMARTS) is 1. The summed E-state index contributed by atoms with van der Waals surface area (Å²) in [6.45, 7) is -0.544. The van der Waals surface area contributed by atoms with E-state index in [2.05, 4.69) is 39.7 Å². The maximum atomic E-state index is 12.2. The predicted octanol–water partition coefficient (Wildman–Crippen LogP) is 2.33. The number of aliphatic carboxylic acids is 1. The fourth-order valence-corrected chi connectivity index (χ4v) is 3.31. The molecule has 1 aliphatic carbocycles. The number of aryl methyl sites for hydroxylation is 2. The van der Waals surface area contributed by atoms with E-state index in [1.165, 1.54) is 40.9 Å². The van der Waals surface area contributed by atoms with Crippen molar-refractivity contribution in [1.29, 1.82) is 0 Å². The first-order chi connectivity index (χ1) is 13.5. The monoisotopic (exact) mass is 416 g/mol. The Balaban J connectivity index is 0.00000240. The average molecular weight is 417 g/mol. The molecule has 1 fully saturated rings. The third-order valence-corrected chi connectivity index (χ3v) is 4.93. The molecule has 1 aromatic carbocycles. The molecule has 0 radical (unpaired) electrons. The molecule has 1 amide bonds. The van der Waals surface area contributed by atoms with Crippen LogP contribution in [-0.4, -0.2) is 43.2 Å². The van der Waals surface area contributed by atoms with Crippen molar-refractivity contribution in [3.05, 3.63) is 59.0 Å². The summed E-state index contributed by atoms with van der Waals surface area (Å²) in [6.07, 6.45) is 5.21. The molecule has 0 unspecified atom stereocenters. The van der Waals surface area contributed by atoms with Gasteiger partial charge in [-0.05, 0) is 42.7 Å². The van der Waals surface area contributed by atoms with Crippen LogP contribution in [0.2, 0.25) is 0 Å². The Labute approximate surface area is 173 Å². The third-order valence-electron chi connectivity index (χ3n) is 4.93. The standard InChI is InChI=1S/C20H20N4O4.ClH/c25-16-9-15(8-3-12-1-4-13(5-2-12)14-6-7-14)24-19(22-11-23-24)18(16)20(28)21-10-17(26)27;/h1-2,4-5,9,11,14,25H,3,6-8,10H2,(H,21,28)(H,26,27);1H. The lowest BCUT2D eigenvalue weighted by Gasteiger charge is -2.11. The number of aromatic nitrogens is 3. The number of hydrogen-bond donors (Lipinski definition) is 3. The largest absolute Gasteiger partial charge is 0.507 e. The van der Waals surface area contributed by atoms with Gasteiger partial charge < -0.3 is 15.5 Å². The normalized spacial score (nSPS) is 13.1. The van der Waals surface area contributed by atoms with Crippen LogP contribution < -0.4 is 5.32 Å². The number of carbonyl (C=O) groups excluding carboxylic acids is 1. The summed E-state index contributed by atoms with van der Waals surface area (Å²) in [4.78, 5) is 27.0. The van der Waals surface area contributed by atoms with E-state index in [1.807, 2.05) is 0 Å². The molecule has 1 aliphatic rings. The Morgan fingerprint density at radius 3 is 2.55 bits per heavy atom. The third kappa shape index (κ3) is 4.48. The number of aromatic hydroxyl groups is 1. The van der Waals surface area contributed by atoms with Gasteiger partial charge in [-0.2, -0.15) is 5.10 Å². The molecule has 9 heteroatoms. The number of nitrogens with one attached hydrogen (secondary N) is 1. The summed E-state index contributed by atoms with van der Waals surface area (Å²) in [5, 5.41) is 25.5. The van der Waals surface area contributed by atoms with Crippen molar-refractivity contribution in [2.75, 3.05) is 6.54 Å². The molecule has 0 bridgehead atoms. The van der Waals surface area contributed by atoms with Gasteiger partial charge in [0.05, 0.1) is 0 Å². The van der Waals surface area contributed by atoms with Crippen LogP contribution in [0.3, 0.4) is 0 Å². The molecule has 4 rings (SSSR count). The lowest BCUT2D eigenvalue weighted by molar-refractivity contribution is -0.135. The number of pyridine rings is 1.